The van der Waals surface area contributed by atoms with Crippen LogP contribution in [0.5, 0.6) is 0 Å². The van der Waals surface area contributed by atoms with Gasteiger partial charge in [-0.1, -0.05) is 36.4 Å². The third-order valence-corrected chi connectivity index (χ3v) is 7.06. The summed E-state index contributed by atoms with van der Waals surface area (Å²) in [6, 6.07) is 21.5. The van der Waals surface area contributed by atoms with Crippen molar-refractivity contribution in [3.05, 3.63) is 113 Å². The fourth-order valence-corrected chi connectivity index (χ4v) is 4.98. The Morgan fingerprint density at radius 1 is 0.806 bits per heavy atom. The van der Waals surface area contributed by atoms with E-state index in [1.807, 2.05) is 6.07 Å². The minimum absolute atomic E-state index is 0.0112. The lowest BCUT2D eigenvalue weighted by atomic mass is 10.1. The van der Waals surface area contributed by atoms with Crippen molar-refractivity contribution in [1.82, 2.24) is 5.32 Å². The van der Waals surface area contributed by atoms with E-state index in [1.165, 1.54) is 18.4 Å². The molecule has 9 heteroatoms. The molecule has 36 heavy (non-hydrogen) atoms. The lowest BCUT2D eigenvalue weighted by Crippen LogP contribution is -2.24. The number of furan rings is 1. The van der Waals surface area contributed by atoms with Crippen LogP contribution in [0.4, 0.5) is 11.4 Å². The average molecular weight is 504 g/mol. The second-order valence-electron chi connectivity index (χ2n) is 8.16. The number of carbonyl (C=O) groups excluding carboxylic acids is 2. The number of sulfonamides is 1. The molecule has 0 fully saturated rings. The third kappa shape index (κ3) is 5.64. The van der Waals surface area contributed by atoms with E-state index in [1.54, 1.807) is 74.5 Å². The van der Waals surface area contributed by atoms with Gasteiger partial charge in [0, 0.05) is 5.56 Å². The molecule has 0 bridgehead atoms. The standard InChI is InChI=1S/C27H25N3O5S/c1-18-8-3-5-11-23(18)30-36(33,34)25-16-20(14-13-19(25)2)26(31)29-24-12-6-4-10-22(24)27(32)28-17-21-9-7-15-35-21/h3-16,30H,17H2,1-2H3,(H,28,32)(H,29,31). The molecule has 0 unspecified atom stereocenters. The van der Waals surface area contributed by atoms with Crippen molar-refractivity contribution >= 4 is 33.2 Å². The summed E-state index contributed by atoms with van der Waals surface area (Å²) in [7, 11) is -3.95. The van der Waals surface area contributed by atoms with Gasteiger partial charge in [-0.3, -0.25) is 14.3 Å². The highest BCUT2D eigenvalue weighted by Crippen LogP contribution is 2.24. The minimum atomic E-state index is -3.95. The maximum Gasteiger partial charge on any atom is 0.262 e. The lowest BCUT2D eigenvalue weighted by Gasteiger charge is -2.14. The summed E-state index contributed by atoms with van der Waals surface area (Å²) in [6.45, 7) is 3.66. The molecule has 0 aliphatic heterocycles. The molecule has 0 saturated carbocycles. The number of amides is 2. The van der Waals surface area contributed by atoms with Crippen molar-refractivity contribution in [1.29, 1.82) is 0 Å². The summed E-state index contributed by atoms with van der Waals surface area (Å²) < 4.78 is 34.0. The van der Waals surface area contributed by atoms with Crippen molar-refractivity contribution in [2.75, 3.05) is 10.0 Å². The maximum absolute atomic E-state index is 13.1. The van der Waals surface area contributed by atoms with Crippen LogP contribution in [0.25, 0.3) is 0 Å². The average Bonchev–Trinajstić information content (AvgIpc) is 3.38. The fraction of sp³-hybridized carbons (Fsp3) is 0.111. The molecule has 4 aromatic rings. The molecule has 2 amide bonds. The molecule has 8 nitrogen and oxygen atoms in total. The molecule has 1 heterocycles. The lowest BCUT2D eigenvalue weighted by molar-refractivity contribution is 0.0949. The first-order valence-electron chi connectivity index (χ1n) is 11.1. The van der Waals surface area contributed by atoms with Crippen LogP contribution in [0.2, 0.25) is 0 Å². The van der Waals surface area contributed by atoms with Gasteiger partial charge in [0.15, 0.2) is 0 Å². The van der Waals surface area contributed by atoms with Gasteiger partial charge in [0.1, 0.15) is 5.76 Å². The number of aryl methyl sites for hydroxylation is 2. The molecule has 0 saturated heterocycles. The summed E-state index contributed by atoms with van der Waals surface area (Å²) in [4.78, 5) is 25.8. The number of anilines is 2. The van der Waals surface area contributed by atoms with Crippen molar-refractivity contribution < 1.29 is 22.4 Å². The Labute approximate surface area is 209 Å². The van der Waals surface area contributed by atoms with E-state index in [0.717, 1.165) is 5.56 Å². The van der Waals surface area contributed by atoms with Crippen molar-refractivity contribution in [2.24, 2.45) is 0 Å². The van der Waals surface area contributed by atoms with Crippen LogP contribution >= 0.6 is 0 Å². The van der Waals surface area contributed by atoms with Gasteiger partial charge in [-0.25, -0.2) is 8.42 Å². The van der Waals surface area contributed by atoms with Crippen LogP contribution in [0, 0.1) is 13.8 Å². The smallest absolute Gasteiger partial charge is 0.262 e. The van der Waals surface area contributed by atoms with Gasteiger partial charge in [-0.2, -0.15) is 0 Å². The first-order valence-corrected chi connectivity index (χ1v) is 12.6. The Hall–Kier alpha value is -4.37. The SMILES string of the molecule is Cc1ccccc1NS(=O)(=O)c1cc(C(=O)Nc2ccccc2C(=O)NCc2ccco2)ccc1C. The first-order chi connectivity index (χ1) is 17.2. The largest absolute Gasteiger partial charge is 0.467 e. The minimum Gasteiger partial charge on any atom is -0.467 e. The van der Waals surface area contributed by atoms with Crippen LogP contribution in [-0.4, -0.2) is 20.2 Å². The van der Waals surface area contributed by atoms with E-state index in [4.69, 9.17) is 4.42 Å². The predicted octanol–water partition coefficient (Wildman–Crippen LogP) is 4.88. The predicted molar refractivity (Wildman–Crippen MR) is 137 cm³/mol. The Balaban J connectivity index is 1.54. The number of para-hydroxylation sites is 2. The summed E-state index contributed by atoms with van der Waals surface area (Å²) in [6.07, 6.45) is 1.52. The van der Waals surface area contributed by atoms with Crippen molar-refractivity contribution in [2.45, 2.75) is 25.3 Å². The maximum atomic E-state index is 13.1. The van der Waals surface area contributed by atoms with Gasteiger partial charge in [-0.15, -0.1) is 0 Å². The number of hydrogen-bond donors (Lipinski definition) is 3. The summed E-state index contributed by atoms with van der Waals surface area (Å²) in [5.74, 6) is -0.344. The molecule has 0 aliphatic carbocycles. The zero-order chi connectivity index (χ0) is 25.7. The topological polar surface area (TPSA) is 118 Å². The van der Waals surface area contributed by atoms with Crippen LogP contribution in [-0.2, 0) is 16.6 Å². The van der Waals surface area contributed by atoms with Gasteiger partial charge in [0.2, 0.25) is 0 Å². The van der Waals surface area contributed by atoms with E-state index in [9.17, 15) is 18.0 Å². The van der Waals surface area contributed by atoms with Crippen LogP contribution in [0.15, 0.2) is 94.4 Å². The molecule has 0 radical (unpaired) electrons. The van der Waals surface area contributed by atoms with Gasteiger partial charge in [-0.05, 0) is 67.4 Å². The summed E-state index contributed by atoms with van der Waals surface area (Å²) >= 11 is 0. The Morgan fingerprint density at radius 2 is 1.53 bits per heavy atom. The molecular formula is C27H25N3O5S. The fourth-order valence-electron chi connectivity index (χ4n) is 3.58. The van der Waals surface area contributed by atoms with E-state index in [0.29, 0.717) is 22.7 Å². The van der Waals surface area contributed by atoms with E-state index >= 15 is 0 Å². The molecule has 1 aromatic heterocycles. The monoisotopic (exact) mass is 503 g/mol. The first kappa shape index (κ1) is 24.7. The Bertz CT molecular complexity index is 1510. The highest BCUT2D eigenvalue weighted by Gasteiger charge is 2.21. The van der Waals surface area contributed by atoms with Gasteiger partial charge < -0.3 is 15.1 Å². The Kier molecular flexibility index (Phi) is 7.21. The molecule has 0 spiro atoms. The number of benzene rings is 3. The summed E-state index contributed by atoms with van der Waals surface area (Å²) in [5.41, 5.74) is 2.42. The number of rotatable bonds is 8. The molecule has 3 N–H and O–H groups in total. The third-order valence-electron chi connectivity index (χ3n) is 5.55. The van der Waals surface area contributed by atoms with Gasteiger partial charge in [0.05, 0.1) is 34.6 Å². The molecule has 184 valence electrons. The molecule has 0 atom stereocenters. The number of nitrogens with one attached hydrogen (secondary N) is 3. The van der Waals surface area contributed by atoms with Crippen LogP contribution in [0.1, 0.15) is 37.6 Å². The van der Waals surface area contributed by atoms with Gasteiger partial charge >= 0.3 is 0 Å². The number of carbonyl (C=O) groups is 2. The molecule has 0 aliphatic rings. The van der Waals surface area contributed by atoms with Crippen LogP contribution in [0.3, 0.4) is 0 Å². The van der Waals surface area contributed by atoms with Crippen molar-refractivity contribution in [3.8, 4) is 0 Å². The summed E-state index contributed by atoms with van der Waals surface area (Å²) in [5, 5.41) is 5.47. The highest BCUT2D eigenvalue weighted by molar-refractivity contribution is 7.92. The van der Waals surface area contributed by atoms with Crippen molar-refractivity contribution in [3.63, 3.8) is 0 Å². The molecule has 3 aromatic carbocycles. The second kappa shape index (κ2) is 10.5. The van der Waals surface area contributed by atoms with E-state index in [2.05, 4.69) is 15.4 Å². The quantitative estimate of drug-likeness (QED) is 0.317. The molecule has 4 rings (SSSR count). The van der Waals surface area contributed by atoms with Gasteiger partial charge in [0.25, 0.3) is 21.8 Å². The van der Waals surface area contributed by atoms with E-state index in [-0.39, 0.29) is 22.6 Å². The zero-order valence-corrected chi connectivity index (χ0v) is 20.6. The van der Waals surface area contributed by atoms with Crippen LogP contribution < -0.4 is 15.4 Å². The van der Waals surface area contributed by atoms with E-state index < -0.39 is 21.8 Å². The second-order valence-corrected chi connectivity index (χ2v) is 9.81. The zero-order valence-electron chi connectivity index (χ0n) is 19.7. The highest BCUT2D eigenvalue weighted by atomic mass is 32.2. The number of hydrogen-bond acceptors (Lipinski definition) is 5. The molecular weight excluding hydrogens is 478 g/mol. The normalized spacial score (nSPS) is 11.1. The Morgan fingerprint density at radius 3 is 2.25 bits per heavy atom.